The molecule has 0 unspecified atom stereocenters. The molecule has 10 heteroatoms. The van der Waals surface area contributed by atoms with Gasteiger partial charge in [-0.3, -0.25) is 0 Å². The lowest BCUT2D eigenvalue weighted by Crippen LogP contribution is -2.24. The van der Waals surface area contributed by atoms with Crippen molar-refractivity contribution in [1.82, 2.24) is 19.6 Å². The van der Waals surface area contributed by atoms with Crippen LogP contribution in [-0.2, 0) is 4.74 Å². The number of alkyl halides is 1. The van der Waals surface area contributed by atoms with E-state index in [-0.39, 0.29) is 24.1 Å². The molecule has 0 radical (unpaired) electrons. The quantitative estimate of drug-likeness (QED) is 0.448. The number of methoxy groups -OCH3 is 1. The van der Waals surface area contributed by atoms with E-state index in [1.165, 1.54) is 23.9 Å². The number of hydrogen-bond donors (Lipinski definition) is 0. The Hall–Kier alpha value is -2.94. The van der Waals surface area contributed by atoms with Gasteiger partial charge in [-0.2, -0.15) is 5.10 Å². The number of fused-ring (bicyclic) bond motifs is 1. The molecule has 4 rings (SSSR count). The van der Waals surface area contributed by atoms with Crippen LogP contribution in [0.5, 0.6) is 5.88 Å². The van der Waals surface area contributed by atoms with E-state index in [1.54, 1.807) is 6.20 Å². The molecule has 0 aliphatic carbocycles. The summed E-state index contributed by atoms with van der Waals surface area (Å²) < 4.78 is 25.8. The molecule has 8 nitrogen and oxygen atoms in total. The van der Waals surface area contributed by atoms with Gasteiger partial charge in [0.1, 0.15) is 23.8 Å². The van der Waals surface area contributed by atoms with Crippen LogP contribution >= 0.6 is 11.6 Å². The van der Waals surface area contributed by atoms with Crippen LogP contribution in [0.25, 0.3) is 5.65 Å². The Morgan fingerprint density at radius 1 is 1.41 bits per heavy atom. The highest BCUT2D eigenvalue weighted by Gasteiger charge is 2.31. The van der Waals surface area contributed by atoms with Crippen LogP contribution in [0.1, 0.15) is 34.8 Å². The fourth-order valence-corrected chi connectivity index (χ4v) is 3.67. The van der Waals surface area contributed by atoms with Crippen molar-refractivity contribution in [2.24, 2.45) is 0 Å². The molecule has 1 atom stereocenters. The van der Waals surface area contributed by atoms with Crippen LogP contribution in [0.4, 0.5) is 10.2 Å². The summed E-state index contributed by atoms with van der Waals surface area (Å²) in [7, 11) is 1.51. The SMILES string of the molecule is COc1ncc(F)cc1[C@H]1CCCN1c1ccn2ncc(C(=O)OCCCl)c2n1. The predicted molar refractivity (Wildman–Crippen MR) is 104 cm³/mol. The molecular formula is C19H19ClFN5O3. The van der Waals surface area contributed by atoms with Crippen LogP contribution in [-0.4, -0.2) is 51.7 Å². The number of nitrogens with zero attached hydrogens (tertiary/aromatic N) is 5. The third kappa shape index (κ3) is 3.69. The number of carbonyl (C=O) groups excluding carboxylic acids is 1. The number of ether oxygens (including phenoxy) is 2. The number of esters is 1. The fraction of sp³-hybridized carbons (Fsp3) is 0.368. The van der Waals surface area contributed by atoms with Crippen molar-refractivity contribution in [3.8, 4) is 5.88 Å². The Bertz CT molecular complexity index is 1040. The van der Waals surface area contributed by atoms with Gasteiger partial charge in [-0.1, -0.05) is 0 Å². The fourth-order valence-electron chi connectivity index (χ4n) is 3.59. The Balaban J connectivity index is 1.70. The Morgan fingerprint density at radius 3 is 3.07 bits per heavy atom. The van der Waals surface area contributed by atoms with Crippen LogP contribution in [0, 0.1) is 5.82 Å². The zero-order valence-corrected chi connectivity index (χ0v) is 16.5. The maximum absolute atomic E-state index is 13.9. The summed E-state index contributed by atoms with van der Waals surface area (Å²) in [6.07, 6.45) is 5.99. The summed E-state index contributed by atoms with van der Waals surface area (Å²) in [5.41, 5.74) is 1.32. The maximum atomic E-state index is 13.9. The molecule has 0 bridgehead atoms. The number of anilines is 1. The van der Waals surface area contributed by atoms with Gasteiger partial charge >= 0.3 is 5.97 Å². The standard InChI is InChI=1S/C19H19ClFN5O3/c1-28-18-13(9-12(21)10-22-18)15-3-2-6-25(15)16-4-7-26-17(24-16)14(11-23-26)19(27)29-8-5-20/h4,7,9-11,15H,2-3,5-6,8H2,1H3/t15-/m1/s1. The van der Waals surface area contributed by atoms with Gasteiger partial charge < -0.3 is 14.4 Å². The number of rotatable bonds is 6. The Labute approximate surface area is 171 Å². The van der Waals surface area contributed by atoms with E-state index < -0.39 is 11.8 Å². The van der Waals surface area contributed by atoms with Crippen LogP contribution in [0.3, 0.4) is 0 Å². The van der Waals surface area contributed by atoms with E-state index in [0.29, 0.717) is 22.9 Å². The van der Waals surface area contributed by atoms with Crippen LogP contribution in [0.2, 0.25) is 0 Å². The summed E-state index contributed by atoms with van der Waals surface area (Å²) in [5.74, 6) is 0.301. The van der Waals surface area contributed by atoms with Gasteiger partial charge in [-0.05, 0) is 25.0 Å². The first-order chi connectivity index (χ1) is 14.1. The van der Waals surface area contributed by atoms with Gasteiger partial charge in [0.2, 0.25) is 5.88 Å². The van der Waals surface area contributed by atoms with Gasteiger partial charge in [0.15, 0.2) is 5.65 Å². The van der Waals surface area contributed by atoms with Gasteiger partial charge in [-0.15, -0.1) is 11.6 Å². The van der Waals surface area contributed by atoms with E-state index in [2.05, 4.69) is 20.0 Å². The molecule has 1 fully saturated rings. The summed E-state index contributed by atoms with van der Waals surface area (Å²) in [6.45, 7) is 0.839. The molecule has 3 aromatic rings. The minimum absolute atomic E-state index is 0.109. The first kappa shape index (κ1) is 19.4. The molecule has 152 valence electrons. The van der Waals surface area contributed by atoms with E-state index >= 15 is 0 Å². The molecule has 3 aromatic heterocycles. The van der Waals surface area contributed by atoms with E-state index in [9.17, 15) is 9.18 Å². The van der Waals surface area contributed by atoms with Gasteiger partial charge in [0, 0.05) is 18.3 Å². The molecule has 4 heterocycles. The zero-order chi connectivity index (χ0) is 20.4. The molecule has 0 spiro atoms. The van der Waals surface area contributed by atoms with Gasteiger partial charge in [-0.25, -0.2) is 23.7 Å². The number of pyridine rings is 1. The van der Waals surface area contributed by atoms with Crippen molar-refractivity contribution >= 4 is 29.0 Å². The lowest BCUT2D eigenvalue weighted by atomic mass is 10.1. The highest BCUT2D eigenvalue weighted by atomic mass is 35.5. The molecule has 1 aliphatic rings. The summed E-state index contributed by atoms with van der Waals surface area (Å²) >= 11 is 5.58. The first-order valence-corrected chi connectivity index (χ1v) is 9.69. The summed E-state index contributed by atoms with van der Waals surface area (Å²) in [6, 6.07) is 3.12. The lowest BCUT2D eigenvalue weighted by molar-refractivity contribution is 0.0531. The minimum atomic E-state index is -0.528. The Morgan fingerprint density at radius 2 is 2.28 bits per heavy atom. The smallest absolute Gasteiger partial charge is 0.343 e. The molecule has 0 amide bonds. The number of hydrogen-bond acceptors (Lipinski definition) is 7. The average Bonchev–Trinajstić information content (AvgIpc) is 3.38. The first-order valence-electron chi connectivity index (χ1n) is 9.16. The minimum Gasteiger partial charge on any atom is -0.481 e. The summed E-state index contributed by atoms with van der Waals surface area (Å²) in [5, 5.41) is 4.15. The Kier molecular flexibility index (Phi) is 5.48. The molecule has 1 aliphatic heterocycles. The van der Waals surface area contributed by atoms with Crippen molar-refractivity contribution in [1.29, 1.82) is 0 Å². The van der Waals surface area contributed by atoms with E-state index in [0.717, 1.165) is 25.6 Å². The second-order valence-corrected chi connectivity index (χ2v) is 6.92. The third-order valence-corrected chi connectivity index (χ3v) is 4.98. The van der Waals surface area contributed by atoms with Crippen LogP contribution in [0.15, 0.2) is 30.7 Å². The summed E-state index contributed by atoms with van der Waals surface area (Å²) in [4.78, 5) is 23.0. The zero-order valence-electron chi connectivity index (χ0n) is 15.7. The van der Waals surface area contributed by atoms with Crippen molar-refractivity contribution in [3.63, 3.8) is 0 Å². The lowest BCUT2D eigenvalue weighted by Gasteiger charge is -2.26. The normalized spacial score (nSPS) is 16.4. The number of carbonyl (C=O) groups is 1. The maximum Gasteiger partial charge on any atom is 0.343 e. The van der Waals surface area contributed by atoms with Crippen molar-refractivity contribution in [3.05, 3.63) is 47.7 Å². The topological polar surface area (TPSA) is 81.8 Å². The average molecular weight is 420 g/mol. The number of aromatic nitrogens is 4. The molecule has 29 heavy (non-hydrogen) atoms. The highest BCUT2D eigenvalue weighted by molar-refractivity contribution is 6.18. The molecule has 1 saturated heterocycles. The second kappa shape index (κ2) is 8.20. The van der Waals surface area contributed by atoms with Gasteiger partial charge in [0.25, 0.3) is 0 Å². The molecular weight excluding hydrogens is 401 g/mol. The third-order valence-electron chi connectivity index (χ3n) is 4.83. The predicted octanol–water partition coefficient (Wildman–Crippen LogP) is 3.01. The van der Waals surface area contributed by atoms with Crippen LogP contribution < -0.4 is 9.64 Å². The molecule has 0 saturated carbocycles. The van der Waals surface area contributed by atoms with E-state index in [4.69, 9.17) is 21.1 Å². The van der Waals surface area contributed by atoms with E-state index in [1.807, 2.05) is 6.07 Å². The number of halogens is 2. The molecule has 0 aromatic carbocycles. The van der Waals surface area contributed by atoms with Gasteiger partial charge in [0.05, 0.1) is 31.4 Å². The molecule has 0 N–H and O–H groups in total. The highest BCUT2D eigenvalue weighted by Crippen LogP contribution is 2.38. The second-order valence-electron chi connectivity index (χ2n) is 6.54. The van der Waals surface area contributed by atoms with Crippen molar-refractivity contribution in [2.75, 3.05) is 31.0 Å². The van der Waals surface area contributed by atoms with Crippen molar-refractivity contribution < 1.29 is 18.7 Å². The van der Waals surface area contributed by atoms with Crippen molar-refractivity contribution in [2.45, 2.75) is 18.9 Å². The largest absolute Gasteiger partial charge is 0.481 e. The monoisotopic (exact) mass is 419 g/mol.